The summed E-state index contributed by atoms with van der Waals surface area (Å²) >= 11 is 5.70. The fraction of sp³-hybridized carbons (Fsp3) is 0.727. The number of anilines is 2. The first kappa shape index (κ1) is 15.2. The second kappa shape index (κ2) is 6.98. The van der Waals surface area contributed by atoms with E-state index in [1.54, 1.807) is 7.11 Å². The predicted molar refractivity (Wildman–Crippen MR) is 75.8 cm³/mol. The summed E-state index contributed by atoms with van der Waals surface area (Å²) in [6.07, 6.45) is 0.434. The predicted octanol–water partition coefficient (Wildman–Crippen LogP) is -0.717. The van der Waals surface area contributed by atoms with Gasteiger partial charge in [-0.25, -0.2) is 0 Å². The van der Waals surface area contributed by atoms with Crippen LogP contribution in [0.1, 0.15) is 6.42 Å². The molecule has 0 aliphatic carbocycles. The van der Waals surface area contributed by atoms with Crippen LogP contribution in [0.15, 0.2) is 0 Å². The molecule has 20 heavy (non-hydrogen) atoms. The van der Waals surface area contributed by atoms with Gasteiger partial charge in [0.25, 0.3) is 0 Å². The van der Waals surface area contributed by atoms with E-state index in [0.717, 1.165) is 19.5 Å². The second-order valence-corrected chi connectivity index (χ2v) is 5.09. The zero-order valence-corrected chi connectivity index (χ0v) is 12.0. The third-order valence-corrected chi connectivity index (χ3v) is 3.40. The molecule has 112 valence electrons. The van der Waals surface area contributed by atoms with Gasteiger partial charge >= 0.3 is 0 Å². The smallest absolute Gasteiger partial charge is 0.247 e. The number of aromatic nitrogens is 3. The molecule has 2 atom stereocenters. The van der Waals surface area contributed by atoms with Gasteiger partial charge in [-0.05, 0) is 6.42 Å². The number of hydrogen-bond acceptors (Lipinski definition) is 8. The molecule has 1 fully saturated rings. The van der Waals surface area contributed by atoms with Gasteiger partial charge in [-0.2, -0.15) is 4.98 Å². The van der Waals surface area contributed by atoms with E-state index in [1.165, 1.54) is 0 Å². The summed E-state index contributed by atoms with van der Waals surface area (Å²) in [6, 6.07) is 0.266. The summed E-state index contributed by atoms with van der Waals surface area (Å²) in [6.45, 7) is 2.36. The van der Waals surface area contributed by atoms with E-state index < -0.39 is 6.10 Å². The van der Waals surface area contributed by atoms with E-state index in [2.05, 4.69) is 20.5 Å². The summed E-state index contributed by atoms with van der Waals surface area (Å²) < 4.78 is 4.88. The molecule has 1 aliphatic rings. The second-order valence-electron chi connectivity index (χ2n) is 4.74. The molecule has 0 spiro atoms. The molecular weight excluding hydrogens is 284 g/mol. The minimum atomic E-state index is -0.502. The third kappa shape index (κ3) is 3.89. The molecule has 1 aromatic rings. The van der Waals surface area contributed by atoms with Crippen molar-refractivity contribution in [1.82, 2.24) is 20.5 Å². The van der Waals surface area contributed by atoms with Crippen LogP contribution in [-0.2, 0) is 4.74 Å². The highest BCUT2D eigenvalue weighted by molar-refractivity contribution is 6.31. The lowest BCUT2D eigenvalue weighted by Gasteiger charge is -2.18. The number of nitrogens with two attached hydrogens (primary N) is 1. The molecule has 0 aromatic carbocycles. The molecule has 4 N–H and O–H groups in total. The maximum absolute atomic E-state index is 9.59. The van der Waals surface area contributed by atoms with E-state index in [-0.39, 0.29) is 17.0 Å². The van der Waals surface area contributed by atoms with Crippen molar-refractivity contribution in [3.05, 3.63) is 5.15 Å². The number of hydrogen-bond donors (Lipinski definition) is 3. The van der Waals surface area contributed by atoms with Gasteiger partial charge in [-0.1, -0.05) is 11.6 Å². The van der Waals surface area contributed by atoms with E-state index in [1.807, 2.05) is 4.90 Å². The van der Waals surface area contributed by atoms with Gasteiger partial charge in [0.1, 0.15) is 0 Å². The van der Waals surface area contributed by atoms with Crippen LogP contribution in [0, 0.1) is 0 Å². The zero-order valence-electron chi connectivity index (χ0n) is 11.3. The Bertz CT molecular complexity index is 449. The highest BCUT2D eigenvalue weighted by atomic mass is 35.5. The SMILES string of the molecule is COC[C@@H](O)CN[C@@H]1CCN(c2nnc(Cl)c(N)n2)C1. The molecule has 0 radical (unpaired) electrons. The van der Waals surface area contributed by atoms with Crippen LogP contribution in [0.4, 0.5) is 11.8 Å². The van der Waals surface area contributed by atoms with Crippen molar-refractivity contribution in [3.8, 4) is 0 Å². The van der Waals surface area contributed by atoms with Crippen LogP contribution in [0.5, 0.6) is 0 Å². The van der Waals surface area contributed by atoms with Crippen molar-refractivity contribution in [2.75, 3.05) is 44.0 Å². The van der Waals surface area contributed by atoms with Crippen LogP contribution in [0.3, 0.4) is 0 Å². The van der Waals surface area contributed by atoms with E-state index >= 15 is 0 Å². The Morgan fingerprint density at radius 1 is 1.60 bits per heavy atom. The van der Waals surface area contributed by atoms with E-state index in [9.17, 15) is 5.11 Å². The number of rotatable bonds is 6. The number of nitrogens with one attached hydrogen (secondary N) is 1. The molecule has 0 amide bonds. The number of nitrogen functional groups attached to an aromatic ring is 1. The maximum Gasteiger partial charge on any atom is 0.247 e. The van der Waals surface area contributed by atoms with Crippen molar-refractivity contribution in [3.63, 3.8) is 0 Å². The van der Waals surface area contributed by atoms with Crippen molar-refractivity contribution in [2.45, 2.75) is 18.6 Å². The van der Waals surface area contributed by atoms with Gasteiger partial charge < -0.3 is 25.8 Å². The van der Waals surface area contributed by atoms with Gasteiger partial charge in [0.15, 0.2) is 11.0 Å². The lowest BCUT2D eigenvalue weighted by atomic mass is 10.2. The minimum absolute atomic E-state index is 0.116. The zero-order chi connectivity index (χ0) is 14.5. The fourth-order valence-electron chi connectivity index (χ4n) is 2.11. The van der Waals surface area contributed by atoms with Crippen LogP contribution >= 0.6 is 11.6 Å². The Kier molecular flexibility index (Phi) is 5.30. The first-order valence-electron chi connectivity index (χ1n) is 6.41. The number of aliphatic hydroxyl groups excluding tert-OH is 1. The lowest BCUT2D eigenvalue weighted by Crippen LogP contribution is -2.39. The Morgan fingerprint density at radius 3 is 3.10 bits per heavy atom. The molecule has 0 unspecified atom stereocenters. The molecule has 1 saturated heterocycles. The molecule has 1 aliphatic heterocycles. The minimum Gasteiger partial charge on any atom is -0.389 e. The summed E-state index contributed by atoms with van der Waals surface area (Å²) in [4.78, 5) is 6.10. The van der Waals surface area contributed by atoms with Crippen LogP contribution in [0.25, 0.3) is 0 Å². The number of methoxy groups -OCH3 is 1. The van der Waals surface area contributed by atoms with Gasteiger partial charge in [-0.3, -0.25) is 0 Å². The maximum atomic E-state index is 9.59. The monoisotopic (exact) mass is 302 g/mol. The van der Waals surface area contributed by atoms with Gasteiger partial charge in [-0.15, -0.1) is 10.2 Å². The average Bonchev–Trinajstić information content (AvgIpc) is 2.89. The fourth-order valence-corrected chi connectivity index (χ4v) is 2.19. The van der Waals surface area contributed by atoms with Crippen LogP contribution < -0.4 is 16.0 Å². The highest BCUT2D eigenvalue weighted by Crippen LogP contribution is 2.19. The summed E-state index contributed by atoms with van der Waals surface area (Å²) in [5.41, 5.74) is 5.62. The van der Waals surface area contributed by atoms with Crippen molar-refractivity contribution in [1.29, 1.82) is 0 Å². The van der Waals surface area contributed by atoms with Crippen molar-refractivity contribution >= 4 is 23.4 Å². The summed E-state index contributed by atoms with van der Waals surface area (Å²) in [7, 11) is 1.57. The Hall–Kier alpha value is -1.22. The Labute approximate surface area is 122 Å². The standard InChI is InChI=1S/C11H19ClN6O2/c1-20-6-8(19)4-14-7-2-3-18(5-7)11-15-10(13)9(12)16-17-11/h7-8,14,19H,2-6H2,1H3,(H2,13,15,17)/t7-,8+/m1/s1. The largest absolute Gasteiger partial charge is 0.389 e. The number of aliphatic hydroxyl groups is 1. The topological polar surface area (TPSA) is 109 Å². The van der Waals surface area contributed by atoms with Gasteiger partial charge in [0, 0.05) is 32.8 Å². The average molecular weight is 303 g/mol. The highest BCUT2D eigenvalue weighted by Gasteiger charge is 2.25. The quantitative estimate of drug-likeness (QED) is 0.632. The normalized spacial score (nSPS) is 20.4. The molecule has 2 rings (SSSR count). The first-order chi connectivity index (χ1) is 9.60. The lowest BCUT2D eigenvalue weighted by molar-refractivity contribution is 0.0631. The van der Waals surface area contributed by atoms with Gasteiger partial charge in [0.05, 0.1) is 12.7 Å². The molecule has 8 nitrogen and oxygen atoms in total. The third-order valence-electron chi connectivity index (χ3n) is 3.13. The molecule has 9 heteroatoms. The van der Waals surface area contributed by atoms with E-state index in [4.69, 9.17) is 22.1 Å². The van der Waals surface area contributed by atoms with E-state index in [0.29, 0.717) is 19.1 Å². The molecule has 2 heterocycles. The van der Waals surface area contributed by atoms with Crippen LogP contribution in [0.2, 0.25) is 5.15 Å². The number of halogens is 1. The molecule has 1 aromatic heterocycles. The van der Waals surface area contributed by atoms with Crippen molar-refractivity contribution in [2.24, 2.45) is 0 Å². The van der Waals surface area contributed by atoms with Gasteiger partial charge in [0.2, 0.25) is 5.95 Å². The first-order valence-corrected chi connectivity index (χ1v) is 6.79. The number of nitrogens with zero attached hydrogens (tertiary/aromatic N) is 4. The van der Waals surface area contributed by atoms with Crippen LogP contribution in [-0.4, -0.2) is 65.8 Å². The summed E-state index contributed by atoms with van der Waals surface area (Å²) in [5, 5.41) is 20.7. The summed E-state index contributed by atoms with van der Waals surface area (Å²) in [5.74, 6) is 0.664. The number of ether oxygens (including phenoxy) is 1. The Morgan fingerprint density at radius 2 is 2.40 bits per heavy atom. The molecule has 0 bridgehead atoms. The molecule has 0 saturated carbocycles. The molecular formula is C11H19ClN6O2. The Balaban J connectivity index is 1.84. The van der Waals surface area contributed by atoms with Crippen molar-refractivity contribution < 1.29 is 9.84 Å².